The fourth-order valence-electron chi connectivity index (χ4n) is 2.35. The summed E-state index contributed by atoms with van der Waals surface area (Å²) < 4.78 is 5.08. The molecule has 1 amide bonds. The number of carbonyl (C=O) groups is 1. The molecule has 24 heavy (non-hydrogen) atoms. The molecule has 0 bridgehead atoms. The lowest BCUT2D eigenvalue weighted by Gasteiger charge is -2.27. The highest BCUT2D eigenvalue weighted by Gasteiger charge is 2.11. The van der Waals surface area contributed by atoms with E-state index < -0.39 is 0 Å². The van der Waals surface area contributed by atoms with Crippen molar-refractivity contribution in [3.8, 4) is 11.8 Å². The lowest BCUT2D eigenvalue weighted by molar-refractivity contribution is -0.117. The number of piperazine rings is 1. The van der Waals surface area contributed by atoms with Gasteiger partial charge in [-0.1, -0.05) is 0 Å². The third-order valence-electron chi connectivity index (χ3n) is 3.76. The molecule has 7 heteroatoms. The van der Waals surface area contributed by atoms with Gasteiger partial charge in [-0.3, -0.25) is 9.69 Å². The van der Waals surface area contributed by atoms with Crippen molar-refractivity contribution in [1.29, 1.82) is 5.26 Å². The second-order valence-electron chi connectivity index (χ2n) is 5.39. The normalized spacial score (nSPS) is 15.4. The Morgan fingerprint density at radius 1 is 1.38 bits per heavy atom. The van der Waals surface area contributed by atoms with E-state index in [0.29, 0.717) is 6.54 Å². The molecule has 0 unspecified atom stereocenters. The number of benzene rings is 1. The number of nitrogens with zero attached hydrogens (tertiary/aromatic N) is 2. The van der Waals surface area contributed by atoms with E-state index >= 15 is 0 Å². The van der Waals surface area contributed by atoms with Crippen LogP contribution in [0.5, 0.6) is 5.75 Å². The molecule has 0 radical (unpaired) electrons. The molecule has 1 aromatic rings. The summed E-state index contributed by atoms with van der Waals surface area (Å²) in [7, 11) is 1.60. The van der Waals surface area contributed by atoms with Gasteiger partial charge in [0.1, 0.15) is 17.4 Å². The molecule has 1 saturated heterocycles. The number of ether oxygens (including phenoxy) is 1. The Hall–Kier alpha value is -2.56. The maximum Gasteiger partial charge on any atom is 0.263 e. The van der Waals surface area contributed by atoms with Crippen LogP contribution >= 0.6 is 0 Å². The van der Waals surface area contributed by atoms with Gasteiger partial charge in [0.15, 0.2) is 0 Å². The van der Waals surface area contributed by atoms with Gasteiger partial charge in [-0.15, -0.1) is 0 Å². The lowest BCUT2D eigenvalue weighted by atomic mass is 10.2. The number of nitriles is 1. The van der Waals surface area contributed by atoms with Gasteiger partial charge in [0.2, 0.25) is 0 Å². The average molecular weight is 329 g/mol. The predicted octanol–water partition coefficient (Wildman–Crippen LogP) is 0.536. The van der Waals surface area contributed by atoms with Gasteiger partial charge in [-0.2, -0.15) is 5.26 Å². The van der Waals surface area contributed by atoms with E-state index in [-0.39, 0.29) is 11.5 Å². The highest BCUT2D eigenvalue weighted by Crippen LogP contribution is 2.15. The van der Waals surface area contributed by atoms with Crippen LogP contribution in [0.2, 0.25) is 0 Å². The van der Waals surface area contributed by atoms with Gasteiger partial charge in [0, 0.05) is 51.2 Å². The first kappa shape index (κ1) is 17.8. The summed E-state index contributed by atoms with van der Waals surface area (Å²) in [6.07, 6.45) is 1.42. The van der Waals surface area contributed by atoms with E-state index in [1.54, 1.807) is 19.2 Å². The van der Waals surface area contributed by atoms with Crippen LogP contribution in [0.3, 0.4) is 0 Å². The average Bonchev–Trinajstić information content (AvgIpc) is 2.63. The summed E-state index contributed by atoms with van der Waals surface area (Å²) in [5.74, 6) is 0.379. The van der Waals surface area contributed by atoms with Crippen LogP contribution in [-0.2, 0) is 4.79 Å². The van der Waals surface area contributed by atoms with E-state index in [4.69, 9.17) is 10.00 Å². The van der Waals surface area contributed by atoms with Gasteiger partial charge in [-0.05, 0) is 24.3 Å². The van der Waals surface area contributed by atoms with Crippen molar-refractivity contribution in [2.45, 2.75) is 0 Å². The van der Waals surface area contributed by atoms with E-state index in [1.165, 1.54) is 6.20 Å². The molecule has 7 nitrogen and oxygen atoms in total. The minimum atomic E-state index is -0.367. The van der Waals surface area contributed by atoms with Crippen molar-refractivity contribution in [3.05, 3.63) is 36.0 Å². The Balaban J connectivity index is 1.80. The second kappa shape index (κ2) is 9.55. The molecule has 0 aromatic heterocycles. The third-order valence-corrected chi connectivity index (χ3v) is 3.76. The van der Waals surface area contributed by atoms with E-state index in [1.807, 2.05) is 18.2 Å². The number of hydrogen-bond acceptors (Lipinski definition) is 6. The highest BCUT2D eigenvalue weighted by molar-refractivity contribution is 5.97. The Morgan fingerprint density at radius 2 is 2.08 bits per heavy atom. The van der Waals surface area contributed by atoms with Crippen molar-refractivity contribution < 1.29 is 9.53 Å². The fourth-order valence-corrected chi connectivity index (χ4v) is 2.35. The van der Waals surface area contributed by atoms with Gasteiger partial charge < -0.3 is 20.7 Å². The standard InChI is InChI=1S/C17H23N5O2/c1-24-16-4-2-15(3-5-16)21-13-14(12-18)17(23)20-8-11-22-9-6-19-7-10-22/h2-5,13,19,21H,6-11H2,1H3,(H,20,23)/b14-13-. The van der Waals surface area contributed by atoms with Crippen molar-refractivity contribution in [1.82, 2.24) is 15.5 Å². The van der Waals surface area contributed by atoms with Gasteiger partial charge in [0.05, 0.1) is 7.11 Å². The molecule has 1 fully saturated rings. The topological polar surface area (TPSA) is 89.4 Å². The third kappa shape index (κ3) is 5.57. The molecule has 2 rings (SSSR count). The smallest absolute Gasteiger partial charge is 0.263 e. The molecule has 1 heterocycles. The van der Waals surface area contributed by atoms with E-state index in [0.717, 1.165) is 44.2 Å². The molecular formula is C17H23N5O2. The zero-order valence-electron chi connectivity index (χ0n) is 13.8. The maximum atomic E-state index is 12.0. The zero-order valence-corrected chi connectivity index (χ0v) is 13.8. The summed E-state index contributed by atoms with van der Waals surface area (Å²) >= 11 is 0. The SMILES string of the molecule is COc1ccc(N/C=C(/C#N)C(=O)NCCN2CCNCC2)cc1. The molecule has 1 aromatic carbocycles. The van der Waals surface area contributed by atoms with Gasteiger partial charge in [-0.25, -0.2) is 0 Å². The Bertz CT molecular complexity index is 600. The first-order valence-corrected chi connectivity index (χ1v) is 7.95. The molecule has 0 saturated carbocycles. The molecule has 128 valence electrons. The summed E-state index contributed by atoms with van der Waals surface area (Å²) in [5.41, 5.74) is 0.822. The van der Waals surface area contributed by atoms with Gasteiger partial charge in [0.25, 0.3) is 5.91 Å². The largest absolute Gasteiger partial charge is 0.497 e. The number of rotatable bonds is 7. The van der Waals surface area contributed by atoms with Crippen LogP contribution < -0.4 is 20.7 Å². The zero-order chi connectivity index (χ0) is 17.2. The predicted molar refractivity (Wildman–Crippen MR) is 92.6 cm³/mol. The minimum Gasteiger partial charge on any atom is -0.497 e. The number of methoxy groups -OCH3 is 1. The summed E-state index contributed by atoms with van der Waals surface area (Å²) in [6.45, 7) is 5.23. The molecule has 0 atom stereocenters. The molecule has 3 N–H and O–H groups in total. The summed E-state index contributed by atoms with van der Waals surface area (Å²) in [6, 6.07) is 9.15. The number of nitrogens with one attached hydrogen (secondary N) is 3. The molecule has 0 aliphatic carbocycles. The first-order chi connectivity index (χ1) is 11.7. The number of carbonyl (C=O) groups excluding carboxylic acids is 1. The molecule has 0 spiro atoms. The summed E-state index contributed by atoms with van der Waals surface area (Å²) in [5, 5.41) is 18.2. The van der Waals surface area contributed by atoms with Crippen molar-refractivity contribution in [2.24, 2.45) is 0 Å². The van der Waals surface area contributed by atoms with Crippen molar-refractivity contribution in [3.63, 3.8) is 0 Å². The number of hydrogen-bond donors (Lipinski definition) is 3. The van der Waals surface area contributed by atoms with Crippen LogP contribution in [0.4, 0.5) is 5.69 Å². The van der Waals surface area contributed by atoms with Crippen LogP contribution in [0.15, 0.2) is 36.0 Å². The molecule has 1 aliphatic heterocycles. The molecular weight excluding hydrogens is 306 g/mol. The number of anilines is 1. The summed E-state index contributed by atoms with van der Waals surface area (Å²) in [4.78, 5) is 14.3. The number of amides is 1. The molecule has 1 aliphatic rings. The Morgan fingerprint density at radius 3 is 2.71 bits per heavy atom. The fraction of sp³-hybridized carbons (Fsp3) is 0.412. The highest BCUT2D eigenvalue weighted by atomic mass is 16.5. The first-order valence-electron chi connectivity index (χ1n) is 7.95. The van der Waals surface area contributed by atoms with E-state index in [9.17, 15) is 4.79 Å². The van der Waals surface area contributed by atoms with Crippen molar-refractivity contribution >= 4 is 11.6 Å². The van der Waals surface area contributed by atoms with Crippen LogP contribution in [0.1, 0.15) is 0 Å². The van der Waals surface area contributed by atoms with Crippen molar-refractivity contribution in [2.75, 3.05) is 51.7 Å². The van der Waals surface area contributed by atoms with Crippen LogP contribution in [0, 0.1) is 11.3 Å². The van der Waals surface area contributed by atoms with Crippen LogP contribution in [0.25, 0.3) is 0 Å². The Kier molecular flexibility index (Phi) is 7.08. The van der Waals surface area contributed by atoms with Crippen LogP contribution in [-0.4, -0.2) is 57.2 Å². The second-order valence-corrected chi connectivity index (χ2v) is 5.39. The Labute approximate surface area is 142 Å². The minimum absolute atomic E-state index is 0.0473. The lowest BCUT2D eigenvalue weighted by Crippen LogP contribution is -2.46. The van der Waals surface area contributed by atoms with E-state index in [2.05, 4.69) is 20.9 Å². The van der Waals surface area contributed by atoms with Gasteiger partial charge >= 0.3 is 0 Å². The monoisotopic (exact) mass is 329 g/mol. The maximum absolute atomic E-state index is 12.0. The quantitative estimate of drug-likeness (QED) is 0.500.